The van der Waals surface area contributed by atoms with E-state index in [-0.39, 0.29) is 23.6 Å². The standard InChI is InChI=1S/C26H39BN2O4/c1-25(2)19-15-21(25)26(3)22(16-19)32-27(33-26)23(14-18-8-5-4-6-9-18)29-24(30)11-13-31-17-20-10-7-12-28-20/h4-6,8-9,19-23,28H,7,10-17H2,1-3H3,(H,29,30)/t19-,20+,21-,22+,23?,26-/m0/s1. The van der Waals surface area contributed by atoms with Gasteiger partial charge < -0.3 is 24.7 Å². The van der Waals surface area contributed by atoms with E-state index in [0.717, 1.165) is 19.4 Å². The van der Waals surface area contributed by atoms with E-state index >= 15 is 0 Å². The number of ether oxygens (including phenoxy) is 1. The van der Waals surface area contributed by atoms with Crippen LogP contribution in [-0.2, 0) is 25.3 Å². The maximum atomic E-state index is 12.8. The van der Waals surface area contributed by atoms with Crippen LogP contribution in [0.25, 0.3) is 0 Å². The van der Waals surface area contributed by atoms with Crippen molar-refractivity contribution in [3.05, 3.63) is 35.9 Å². The van der Waals surface area contributed by atoms with Gasteiger partial charge in [0.15, 0.2) is 0 Å². The van der Waals surface area contributed by atoms with Crippen molar-refractivity contribution in [2.75, 3.05) is 19.8 Å². The van der Waals surface area contributed by atoms with Crippen LogP contribution in [-0.4, -0.2) is 56.5 Å². The number of carbonyl (C=O) groups is 1. The summed E-state index contributed by atoms with van der Waals surface area (Å²) < 4.78 is 19.0. The molecule has 33 heavy (non-hydrogen) atoms. The summed E-state index contributed by atoms with van der Waals surface area (Å²) in [5.41, 5.74) is 1.19. The van der Waals surface area contributed by atoms with E-state index in [9.17, 15) is 4.79 Å². The van der Waals surface area contributed by atoms with Gasteiger partial charge in [0.25, 0.3) is 0 Å². The molecular formula is C26H39BN2O4. The minimum Gasteiger partial charge on any atom is -0.404 e. The van der Waals surface area contributed by atoms with Crippen LogP contribution in [0.4, 0.5) is 0 Å². The lowest BCUT2D eigenvalue weighted by molar-refractivity contribution is -0.199. The van der Waals surface area contributed by atoms with Crippen LogP contribution in [0.5, 0.6) is 0 Å². The van der Waals surface area contributed by atoms with Gasteiger partial charge in [-0.1, -0.05) is 44.2 Å². The molecule has 3 saturated carbocycles. The molecule has 6 rings (SSSR count). The molecule has 0 spiro atoms. The minimum absolute atomic E-state index is 0.00725. The predicted octanol–water partition coefficient (Wildman–Crippen LogP) is 3.14. The molecule has 5 fully saturated rings. The van der Waals surface area contributed by atoms with Crippen molar-refractivity contribution >= 4 is 13.0 Å². The molecule has 5 aliphatic rings. The van der Waals surface area contributed by atoms with Crippen LogP contribution in [0.15, 0.2) is 30.3 Å². The van der Waals surface area contributed by atoms with Gasteiger partial charge in [-0.2, -0.15) is 0 Å². The van der Waals surface area contributed by atoms with Crippen LogP contribution < -0.4 is 10.6 Å². The Balaban J connectivity index is 1.21. The van der Waals surface area contributed by atoms with Gasteiger partial charge in [-0.15, -0.1) is 0 Å². The molecule has 0 radical (unpaired) electrons. The van der Waals surface area contributed by atoms with Crippen molar-refractivity contribution in [1.82, 2.24) is 10.6 Å². The smallest absolute Gasteiger partial charge is 0.404 e. The number of benzene rings is 1. The Hall–Kier alpha value is -1.41. The first kappa shape index (κ1) is 23.3. The van der Waals surface area contributed by atoms with Gasteiger partial charge in [0.05, 0.1) is 30.9 Å². The second-order valence-electron chi connectivity index (χ2n) is 11.3. The molecule has 6 atom stereocenters. The van der Waals surface area contributed by atoms with Crippen molar-refractivity contribution < 1.29 is 18.8 Å². The number of amides is 1. The Kier molecular flexibility index (Phi) is 6.60. The van der Waals surface area contributed by atoms with Crippen LogP contribution in [0.1, 0.15) is 58.4 Å². The Morgan fingerprint density at radius 2 is 2.09 bits per heavy atom. The quantitative estimate of drug-likeness (QED) is 0.443. The summed E-state index contributed by atoms with van der Waals surface area (Å²) in [6, 6.07) is 10.7. The summed E-state index contributed by atoms with van der Waals surface area (Å²) in [4.78, 5) is 12.8. The highest BCUT2D eigenvalue weighted by Crippen LogP contribution is 2.65. The average Bonchev–Trinajstić information content (AvgIpc) is 3.43. The maximum Gasteiger partial charge on any atom is 0.482 e. The van der Waals surface area contributed by atoms with Crippen molar-refractivity contribution in [1.29, 1.82) is 0 Å². The molecule has 1 aromatic rings. The number of carbonyl (C=O) groups excluding carboxylic acids is 1. The van der Waals surface area contributed by atoms with Crippen LogP contribution in [0.3, 0.4) is 0 Å². The normalized spacial score (nSPS) is 35.1. The fourth-order valence-electron chi connectivity index (χ4n) is 6.72. The van der Waals surface area contributed by atoms with Crippen molar-refractivity contribution in [3.8, 4) is 0 Å². The fourth-order valence-corrected chi connectivity index (χ4v) is 6.72. The summed E-state index contributed by atoms with van der Waals surface area (Å²) in [5.74, 6) is 0.979. The molecule has 3 aliphatic carbocycles. The minimum atomic E-state index is -0.428. The average molecular weight is 454 g/mol. The molecule has 6 nitrogen and oxygen atoms in total. The van der Waals surface area contributed by atoms with Crippen LogP contribution >= 0.6 is 0 Å². The second-order valence-corrected chi connectivity index (χ2v) is 11.3. The van der Waals surface area contributed by atoms with Gasteiger partial charge in [-0.25, -0.2) is 0 Å². The molecule has 0 aromatic heterocycles. The molecule has 1 unspecified atom stereocenters. The third kappa shape index (κ3) is 4.62. The lowest BCUT2D eigenvalue weighted by Gasteiger charge is -2.64. The first-order valence-corrected chi connectivity index (χ1v) is 12.8. The van der Waals surface area contributed by atoms with Crippen molar-refractivity contribution in [2.45, 2.75) is 83.0 Å². The SMILES string of the molecule is CC1(C)[C@@H]2C[C@H]3OB(C(Cc4ccccc4)NC(=O)CCOC[C@H]4CCCN4)O[C@@]3(C)[C@H]1C2. The van der Waals surface area contributed by atoms with Gasteiger partial charge >= 0.3 is 7.12 Å². The van der Waals surface area contributed by atoms with Crippen molar-refractivity contribution in [2.24, 2.45) is 17.3 Å². The molecule has 180 valence electrons. The second kappa shape index (κ2) is 9.33. The predicted molar refractivity (Wildman–Crippen MR) is 129 cm³/mol. The lowest BCUT2D eigenvalue weighted by Crippen LogP contribution is -2.65. The highest BCUT2D eigenvalue weighted by atomic mass is 16.7. The third-order valence-electron chi connectivity index (χ3n) is 8.90. The molecule has 7 heteroatoms. The number of hydrogen-bond acceptors (Lipinski definition) is 5. The summed E-state index contributed by atoms with van der Waals surface area (Å²) in [6.07, 6.45) is 5.77. The summed E-state index contributed by atoms with van der Waals surface area (Å²) in [5, 5.41) is 6.65. The van der Waals surface area contributed by atoms with E-state index in [4.69, 9.17) is 14.0 Å². The third-order valence-corrected chi connectivity index (χ3v) is 8.90. The number of rotatable bonds is 9. The number of nitrogens with one attached hydrogen (secondary N) is 2. The van der Waals surface area contributed by atoms with Crippen LogP contribution in [0, 0.1) is 17.3 Å². The van der Waals surface area contributed by atoms with E-state index in [1.165, 1.54) is 18.4 Å². The van der Waals surface area contributed by atoms with E-state index in [0.29, 0.717) is 49.3 Å². The molecule has 2 bridgehead atoms. The highest BCUT2D eigenvalue weighted by molar-refractivity contribution is 6.48. The Bertz CT molecular complexity index is 831. The molecular weight excluding hydrogens is 415 g/mol. The highest BCUT2D eigenvalue weighted by Gasteiger charge is 2.68. The summed E-state index contributed by atoms with van der Waals surface area (Å²) in [7, 11) is -0.428. The monoisotopic (exact) mass is 454 g/mol. The van der Waals surface area contributed by atoms with E-state index < -0.39 is 7.12 Å². The van der Waals surface area contributed by atoms with Gasteiger partial charge in [0.1, 0.15) is 0 Å². The lowest BCUT2D eigenvalue weighted by atomic mass is 9.43. The largest absolute Gasteiger partial charge is 0.482 e. The zero-order chi connectivity index (χ0) is 23.1. The molecule has 1 amide bonds. The first-order valence-electron chi connectivity index (χ1n) is 12.8. The molecule has 2 aliphatic heterocycles. The fraction of sp³-hybridized carbons (Fsp3) is 0.731. The molecule has 1 aromatic carbocycles. The van der Waals surface area contributed by atoms with Crippen LogP contribution in [0.2, 0.25) is 0 Å². The van der Waals surface area contributed by atoms with Gasteiger partial charge in [0.2, 0.25) is 5.91 Å². The maximum absolute atomic E-state index is 12.8. The van der Waals surface area contributed by atoms with Gasteiger partial charge in [0, 0.05) is 12.5 Å². The van der Waals surface area contributed by atoms with Gasteiger partial charge in [-0.05, 0) is 68.4 Å². The zero-order valence-corrected chi connectivity index (χ0v) is 20.3. The van der Waals surface area contributed by atoms with Crippen molar-refractivity contribution in [3.63, 3.8) is 0 Å². The van der Waals surface area contributed by atoms with E-state index in [1.54, 1.807) is 0 Å². The Morgan fingerprint density at radius 1 is 1.27 bits per heavy atom. The Labute approximate surface area is 198 Å². The van der Waals surface area contributed by atoms with E-state index in [2.05, 4.69) is 43.5 Å². The summed E-state index contributed by atoms with van der Waals surface area (Å²) >= 11 is 0. The number of hydrogen-bond donors (Lipinski definition) is 2. The zero-order valence-electron chi connectivity index (χ0n) is 20.3. The Morgan fingerprint density at radius 3 is 2.82 bits per heavy atom. The molecule has 2 saturated heterocycles. The topological polar surface area (TPSA) is 68.8 Å². The first-order chi connectivity index (χ1) is 15.9. The van der Waals surface area contributed by atoms with E-state index in [1.807, 2.05) is 18.2 Å². The molecule has 2 N–H and O–H groups in total. The summed E-state index contributed by atoms with van der Waals surface area (Å²) in [6.45, 7) is 9.14. The van der Waals surface area contributed by atoms with Gasteiger partial charge in [-0.3, -0.25) is 4.79 Å². The molecule has 2 heterocycles.